The van der Waals surface area contributed by atoms with Gasteiger partial charge in [-0.25, -0.2) is 0 Å². The lowest BCUT2D eigenvalue weighted by atomic mass is 10.2. The average molecular weight is 212 g/mol. The molecule has 0 atom stereocenters. The molecule has 0 aromatic heterocycles. The highest BCUT2D eigenvalue weighted by Crippen LogP contribution is 2.38. The van der Waals surface area contributed by atoms with Gasteiger partial charge in [0.1, 0.15) is 12.4 Å². The van der Waals surface area contributed by atoms with Crippen LogP contribution in [0.25, 0.3) is 0 Å². The maximum Gasteiger partial charge on any atom is 0.231 e. The zero-order valence-corrected chi connectivity index (χ0v) is 8.10. The van der Waals surface area contributed by atoms with E-state index in [9.17, 15) is 0 Å². The Balaban J connectivity index is 2.27. The fraction of sp³-hybridized carbons (Fsp3) is 0.400. The Labute approximate surface area is 86.8 Å². The van der Waals surface area contributed by atoms with E-state index in [2.05, 4.69) is 0 Å². The van der Waals surface area contributed by atoms with Crippen molar-refractivity contribution in [3.63, 3.8) is 0 Å². The molecule has 0 amide bonds. The Hall–Kier alpha value is -1.46. The van der Waals surface area contributed by atoms with Gasteiger partial charge < -0.3 is 24.4 Å². The molecule has 2 N–H and O–H groups in total. The van der Waals surface area contributed by atoms with Crippen LogP contribution in [-0.4, -0.2) is 30.2 Å². The fourth-order valence-electron chi connectivity index (χ4n) is 1.38. The van der Waals surface area contributed by atoms with Crippen molar-refractivity contribution in [3.8, 4) is 17.2 Å². The number of benzene rings is 1. The molecule has 5 heteroatoms. The van der Waals surface area contributed by atoms with Crippen LogP contribution < -0.4 is 14.2 Å². The maximum atomic E-state index is 9.11. The standard InChI is InChI=1S/C10H12O5/c11-1-2-13-8-4-10-9(14-6-15-10)3-7(8)5-12/h3-4,11-12H,1-2,5-6H2. The topological polar surface area (TPSA) is 68.2 Å². The van der Waals surface area contributed by atoms with Gasteiger partial charge >= 0.3 is 0 Å². The van der Waals surface area contributed by atoms with Gasteiger partial charge in [0.25, 0.3) is 0 Å². The molecule has 1 aromatic rings. The third kappa shape index (κ3) is 1.98. The molecule has 0 fully saturated rings. The first kappa shape index (κ1) is 10.1. The second-order valence-electron chi connectivity index (χ2n) is 3.04. The number of aliphatic hydroxyl groups is 2. The Kier molecular flexibility index (Phi) is 2.94. The van der Waals surface area contributed by atoms with Crippen molar-refractivity contribution in [2.75, 3.05) is 20.0 Å². The molecule has 0 aliphatic carbocycles. The Bertz CT molecular complexity index is 350. The lowest BCUT2D eigenvalue weighted by molar-refractivity contribution is 0.173. The number of hydrogen-bond acceptors (Lipinski definition) is 5. The van der Waals surface area contributed by atoms with Gasteiger partial charge in [0.05, 0.1) is 13.2 Å². The molecular formula is C10H12O5. The summed E-state index contributed by atoms with van der Waals surface area (Å²) in [6.45, 7) is 0.160. The van der Waals surface area contributed by atoms with Gasteiger partial charge in [0.2, 0.25) is 6.79 Å². The molecule has 0 saturated heterocycles. The summed E-state index contributed by atoms with van der Waals surface area (Å²) in [5, 5.41) is 17.8. The highest BCUT2D eigenvalue weighted by molar-refractivity contribution is 5.51. The molecule has 0 bridgehead atoms. The Morgan fingerprint density at radius 1 is 1.20 bits per heavy atom. The van der Waals surface area contributed by atoms with E-state index < -0.39 is 0 Å². The largest absolute Gasteiger partial charge is 0.491 e. The molecule has 0 unspecified atom stereocenters. The highest BCUT2D eigenvalue weighted by atomic mass is 16.7. The van der Waals surface area contributed by atoms with E-state index in [0.717, 1.165) is 0 Å². The summed E-state index contributed by atoms with van der Waals surface area (Å²) in [5.74, 6) is 1.71. The van der Waals surface area contributed by atoms with E-state index in [4.69, 9.17) is 24.4 Å². The van der Waals surface area contributed by atoms with Gasteiger partial charge in [-0.3, -0.25) is 0 Å². The molecule has 0 saturated carbocycles. The van der Waals surface area contributed by atoms with Gasteiger partial charge in [-0.15, -0.1) is 0 Å². The second kappa shape index (κ2) is 4.37. The summed E-state index contributed by atoms with van der Waals surface area (Å²) in [7, 11) is 0. The summed E-state index contributed by atoms with van der Waals surface area (Å²) in [6, 6.07) is 3.33. The number of aliphatic hydroxyl groups excluding tert-OH is 2. The minimum absolute atomic E-state index is 0.0701. The SMILES string of the molecule is OCCOc1cc2c(cc1CO)OCO2. The van der Waals surface area contributed by atoms with Gasteiger partial charge in [0.15, 0.2) is 11.5 Å². The van der Waals surface area contributed by atoms with Crippen LogP contribution in [0.15, 0.2) is 12.1 Å². The van der Waals surface area contributed by atoms with Crippen LogP contribution >= 0.6 is 0 Å². The monoisotopic (exact) mass is 212 g/mol. The van der Waals surface area contributed by atoms with Crippen LogP contribution in [0.3, 0.4) is 0 Å². The lowest BCUT2D eigenvalue weighted by Gasteiger charge is -2.09. The zero-order chi connectivity index (χ0) is 10.7. The Morgan fingerprint density at radius 2 is 1.93 bits per heavy atom. The van der Waals surface area contributed by atoms with E-state index in [-0.39, 0.29) is 26.6 Å². The normalized spacial score (nSPS) is 12.9. The molecule has 1 aliphatic rings. The summed E-state index contributed by atoms with van der Waals surface area (Å²) in [6.07, 6.45) is 0. The quantitative estimate of drug-likeness (QED) is 0.750. The van der Waals surface area contributed by atoms with Crippen molar-refractivity contribution in [1.29, 1.82) is 0 Å². The number of fused-ring (bicyclic) bond motifs is 1. The highest BCUT2D eigenvalue weighted by Gasteiger charge is 2.17. The first-order chi connectivity index (χ1) is 7.35. The van der Waals surface area contributed by atoms with Crippen LogP contribution in [-0.2, 0) is 6.61 Å². The van der Waals surface area contributed by atoms with E-state index in [0.29, 0.717) is 22.8 Å². The molecule has 2 rings (SSSR count). The van der Waals surface area contributed by atoms with Crippen LogP contribution in [0.2, 0.25) is 0 Å². The summed E-state index contributed by atoms with van der Waals surface area (Å²) in [4.78, 5) is 0. The van der Waals surface area contributed by atoms with Crippen LogP contribution in [0.1, 0.15) is 5.56 Å². The van der Waals surface area contributed by atoms with Crippen LogP contribution in [0.5, 0.6) is 17.2 Å². The smallest absolute Gasteiger partial charge is 0.231 e. The van der Waals surface area contributed by atoms with Crippen LogP contribution in [0, 0.1) is 0 Å². The van der Waals surface area contributed by atoms with Crippen molar-refractivity contribution < 1.29 is 24.4 Å². The van der Waals surface area contributed by atoms with Crippen molar-refractivity contribution in [1.82, 2.24) is 0 Å². The number of hydrogen-bond donors (Lipinski definition) is 2. The molecule has 1 heterocycles. The van der Waals surface area contributed by atoms with Gasteiger partial charge in [-0.2, -0.15) is 0 Å². The first-order valence-electron chi connectivity index (χ1n) is 4.62. The third-order valence-corrected chi connectivity index (χ3v) is 2.07. The van der Waals surface area contributed by atoms with Gasteiger partial charge in [-0.1, -0.05) is 0 Å². The summed E-state index contributed by atoms with van der Waals surface area (Å²) < 4.78 is 15.6. The van der Waals surface area contributed by atoms with Gasteiger partial charge in [-0.05, 0) is 6.07 Å². The van der Waals surface area contributed by atoms with Crippen molar-refractivity contribution in [3.05, 3.63) is 17.7 Å². The van der Waals surface area contributed by atoms with Crippen molar-refractivity contribution >= 4 is 0 Å². The molecule has 82 valence electrons. The molecular weight excluding hydrogens is 200 g/mol. The molecule has 1 aliphatic heterocycles. The van der Waals surface area contributed by atoms with Crippen LogP contribution in [0.4, 0.5) is 0 Å². The first-order valence-corrected chi connectivity index (χ1v) is 4.62. The summed E-state index contributed by atoms with van der Waals surface area (Å²) >= 11 is 0. The minimum Gasteiger partial charge on any atom is -0.491 e. The second-order valence-corrected chi connectivity index (χ2v) is 3.04. The van der Waals surface area contributed by atoms with Gasteiger partial charge in [0, 0.05) is 11.6 Å². The molecule has 1 aromatic carbocycles. The van der Waals surface area contributed by atoms with Crippen molar-refractivity contribution in [2.45, 2.75) is 6.61 Å². The van der Waals surface area contributed by atoms with E-state index in [1.54, 1.807) is 12.1 Å². The Morgan fingerprint density at radius 3 is 2.60 bits per heavy atom. The zero-order valence-electron chi connectivity index (χ0n) is 8.10. The average Bonchev–Trinajstić information content (AvgIpc) is 2.71. The predicted octanol–water partition coefficient (Wildman–Crippen LogP) is 0.279. The van der Waals surface area contributed by atoms with E-state index in [1.807, 2.05) is 0 Å². The molecule has 15 heavy (non-hydrogen) atoms. The fourth-order valence-corrected chi connectivity index (χ4v) is 1.38. The van der Waals surface area contributed by atoms with E-state index >= 15 is 0 Å². The minimum atomic E-state index is -0.141. The number of rotatable bonds is 4. The maximum absolute atomic E-state index is 9.11. The lowest BCUT2D eigenvalue weighted by Crippen LogP contribution is -2.03. The summed E-state index contributed by atoms with van der Waals surface area (Å²) in [5.41, 5.74) is 0.618. The predicted molar refractivity (Wildman–Crippen MR) is 51.1 cm³/mol. The number of ether oxygens (including phenoxy) is 3. The van der Waals surface area contributed by atoms with Crippen molar-refractivity contribution in [2.24, 2.45) is 0 Å². The molecule has 0 radical (unpaired) electrons. The molecule has 0 spiro atoms. The third-order valence-electron chi connectivity index (χ3n) is 2.07. The molecule has 5 nitrogen and oxygen atoms in total. The van der Waals surface area contributed by atoms with E-state index in [1.165, 1.54) is 0 Å².